The lowest BCUT2D eigenvalue weighted by Crippen LogP contribution is -2.19. The lowest BCUT2D eigenvalue weighted by Gasteiger charge is -2.28. The molecule has 21 heavy (non-hydrogen) atoms. The molecule has 1 aromatic heterocycles. The van der Waals surface area contributed by atoms with Crippen LogP contribution < -0.4 is 0 Å². The van der Waals surface area contributed by atoms with Gasteiger partial charge in [0.15, 0.2) is 5.69 Å². The molecule has 1 aliphatic rings. The Kier molecular flexibility index (Phi) is 5.53. The molecule has 5 heteroatoms. The van der Waals surface area contributed by atoms with Gasteiger partial charge in [0.05, 0.1) is 12.2 Å². The van der Waals surface area contributed by atoms with Crippen LogP contribution in [0.4, 0.5) is 0 Å². The van der Waals surface area contributed by atoms with E-state index in [-0.39, 0.29) is 11.6 Å². The highest BCUT2D eigenvalue weighted by Gasteiger charge is 2.29. The molecule has 1 aromatic rings. The van der Waals surface area contributed by atoms with Crippen LogP contribution in [-0.2, 0) is 6.54 Å². The van der Waals surface area contributed by atoms with E-state index >= 15 is 0 Å². The van der Waals surface area contributed by atoms with Crippen molar-refractivity contribution < 1.29 is 9.90 Å². The van der Waals surface area contributed by atoms with E-state index in [4.69, 9.17) is 0 Å². The number of rotatable bonds is 7. The number of aromatic carboxylic acids is 1. The van der Waals surface area contributed by atoms with Crippen molar-refractivity contribution in [2.45, 2.75) is 64.3 Å². The molecule has 116 valence electrons. The van der Waals surface area contributed by atoms with Crippen LogP contribution >= 0.6 is 0 Å². The number of unbranched alkanes of at least 4 members (excludes halogenated alkanes) is 1. The maximum absolute atomic E-state index is 11.3. The lowest BCUT2D eigenvalue weighted by atomic mass is 9.78. The molecule has 1 aliphatic carbocycles. The van der Waals surface area contributed by atoms with E-state index in [0.717, 1.165) is 24.5 Å². The zero-order valence-corrected chi connectivity index (χ0v) is 12.8. The molecule has 0 aliphatic heterocycles. The molecule has 5 nitrogen and oxygen atoms in total. The molecule has 0 spiro atoms. The number of carboxylic acid groups (broad SMARTS) is 1. The van der Waals surface area contributed by atoms with E-state index in [0.29, 0.717) is 6.54 Å². The topological polar surface area (TPSA) is 68.0 Å². The number of carbonyl (C=O) groups is 1. The standard InChI is InChI=1S/C16H25N3O2/c1-3-5-6-12-7-9-13(10-8-12)15-14(16(20)21)17-18-19(15)11-4-2/h4,12-13H,2-3,5-11H2,1H3,(H,20,21). The van der Waals surface area contributed by atoms with Crippen LogP contribution in [0.1, 0.15) is 74.0 Å². The Hall–Kier alpha value is -1.65. The van der Waals surface area contributed by atoms with E-state index in [9.17, 15) is 9.90 Å². The summed E-state index contributed by atoms with van der Waals surface area (Å²) in [4.78, 5) is 11.3. The highest BCUT2D eigenvalue weighted by Crippen LogP contribution is 2.38. The molecule has 1 N–H and O–H groups in total. The molecule has 1 saturated carbocycles. The Morgan fingerprint density at radius 2 is 2.14 bits per heavy atom. The zero-order valence-electron chi connectivity index (χ0n) is 12.8. The van der Waals surface area contributed by atoms with E-state index < -0.39 is 5.97 Å². The minimum atomic E-state index is -0.978. The molecule has 0 atom stereocenters. The lowest BCUT2D eigenvalue weighted by molar-refractivity contribution is 0.0688. The number of hydrogen-bond acceptors (Lipinski definition) is 3. The summed E-state index contributed by atoms with van der Waals surface area (Å²) in [6, 6.07) is 0. The first-order valence-corrected chi connectivity index (χ1v) is 7.94. The summed E-state index contributed by atoms with van der Waals surface area (Å²) in [6.45, 7) is 6.45. The summed E-state index contributed by atoms with van der Waals surface area (Å²) in [7, 11) is 0. The summed E-state index contributed by atoms with van der Waals surface area (Å²) in [5, 5.41) is 17.1. The SMILES string of the molecule is C=CCn1nnc(C(=O)O)c1C1CCC(CCCC)CC1. The van der Waals surface area contributed by atoms with E-state index in [2.05, 4.69) is 23.8 Å². The first kappa shape index (κ1) is 15.7. The highest BCUT2D eigenvalue weighted by molar-refractivity contribution is 5.86. The van der Waals surface area contributed by atoms with Gasteiger partial charge in [0.1, 0.15) is 0 Å². The Balaban J connectivity index is 2.09. The summed E-state index contributed by atoms with van der Waals surface area (Å²) < 4.78 is 1.70. The monoisotopic (exact) mass is 291 g/mol. The molecule has 1 heterocycles. The number of carboxylic acids is 1. The maximum Gasteiger partial charge on any atom is 0.358 e. The van der Waals surface area contributed by atoms with Gasteiger partial charge in [-0.2, -0.15) is 0 Å². The second-order valence-electron chi connectivity index (χ2n) is 5.96. The summed E-state index contributed by atoms with van der Waals surface area (Å²) in [6.07, 6.45) is 10.0. The van der Waals surface area contributed by atoms with Crippen LogP contribution in [0.5, 0.6) is 0 Å². The Morgan fingerprint density at radius 1 is 1.43 bits per heavy atom. The van der Waals surface area contributed by atoms with Crippen LogP contribution in [0.2, 0.25) is 0 Å². The second-order valence-corrected chi connectivity index (χ2v) is 5.96. The van der Waals surface area contributed by atoms with Gasteiger partial charge in [-0.15, -0.1) is 11.7 Å². The fourth-order valence-electron chi connectivity index (χ4n) is 3.35. The Labute approximate surface area is 126 Å². The average Bonchev–Trinajstić information content (AvgIpc) is 2.90. The number of aromatic nitrogens is 3. The maximum atomic E-state index is 11.3. The molecule has 0 bridgehead atoms. The van der Waals surface area contributed by atoms with Crippen LogP contribution in [0, 0.1) is 5.92 Å². The van der Waals surface area contributed by atoms with Gasteiger partial charge in [0.2, 0.25) is 0 Å². The van der Waals surface area contributed by atoms with Gasteiger partial charge in [0.25, 0.3) is 0 Å². The predicted molar refractivity (Wildman–Crippen MR) is 81.4 cm³/mol. The average molecular weight is 291 g/mol. The Morgan fingerprint density at radius 3 is 2.71 bits per heavy atom. The third-order valence-electron chi connectivity index (χ3n) is 4.48. The zero-order chi connectivity index (χ0) is 15.2. The first-order valence-electron chi connectivity index (χ1n) is 7.94. The predicted octanol–water partition coefficient (Wildman–Crippen LogP) is 3.63. The summed E-state index contributed by atoms with van der Waals surface area (Å²) in [5.74, 6) is 0.0931. The van der Waals surface area contributed by atoms with Crippen molar-refractivity contribution in [3.05, 3.63) is 24.0 Å². The molecule has 0 aromatic carbocycles. The third kappa shape index (κ3) is 3.71. The van der Waals surface area contributed by atoms with Crippen molar-refractivity contribution in [2.24, 2.45) is 5.92 Å². The second kappa shape index (κ2) is 7.38. The van der Waals surface area contributed by atoms with Crippen LogP contribution in [0.25, 0.3) is 0 Å². The number of nitrogens with zero attached hydrogens (tertiary/aromatic N) is 3. The molecule has 0 unspecified atom stereocenters. The number of allylic oxidation sites excluding steroid dienone is 1. The van der Waals surface area contributed by atoms with Crippen molar-refractivity contribution in [2.75, 3.05) is 0 Å². The van der Waals surface area contributed by atoms with Crippen LogP contribution in [0.3, 0.4) is 0 Å². The van der Waals surface area contributed by atoms with Gasteiger partial charge in [-0.1, -0.05) is 37.5 Å². The van der Waals surface area contributed by atoms with Gasteiger partial charge in [-0.05, 0) is 31.6 Å². The van der Waals surface area contributed by atoms with Crippen LogP contribution in [-0.4, -0.2) is 26.1 Å². The fourth-order valence-corrected chi connectivity index (χ4v) is 3.35. The highest BCUT2D eigenvalue weighted by atomic mass is 16.4. The van der Waals surface area contributed by atoms with Crippen LogP contribution in [0.15, 0.2) is 12.7 Å². The van der Waals surface area contributed by atoms with Gasteiger partial charge < -0.3 is 5.11 Å². The van der Waals surface area contributed by atoms with E-state index in [1.54, 1.807) is 10.8 Å². The summed E-state index contributed by atoms with van der Waals surface area (Å²) >= 11 is 0. The van der Waals surface area contributed by atoms with Crippen molar-refractivity contribution in [3.63, 3.8) is 0 Å². The fraction of sp³-hybridized carbons (Fsp3) is 0.688. The first-order chi connectivity index (χ1) is 10.2. The van der Waals surface area contributed by atoms with E-state index in [1.807, 2.05) is 0 Å². The van der Waals surface area contributed by atoms with Crippen molar-refractivity contribution in [1.82, 2.24) is 15.0 Å². The van der Waals surface area contributed by atoms with Crippen molar-refractivity contribution in [3.8, 4) is 0 Å². The molecular weight excluding hydrogens is 266 g/mol. The molecule has 1 fully saturated rings. The third-order valence-corrected chi connectivity index (χ3v) is 4.48. The smallest absolute Gasteiger partial charge is 0.358 e. The van der Waals surface area contributed by atoms with Gasteiger partial charge in [-0.25, -0.2) is 9.48 Å². The minimum absolute atomic E-state index is 0.119. The minimum Gasteiger partial charge on any atom is -0.476 e. The van der Waals surface area contributed by atoms with Gasteiger partial charge in [0, 0.05) is 5.92 Å². The van der Waals surface area contributed by atoms with Gasteiger partial charge >= 0.3 is 5.97 Å². The number of hydrogen-bond donors (Lipinski definition) is 1. The Bertz CT molecular complexity index is 488. The largest absolute Gasteiger partial charge is 0.476 e. The quantitative estimate of drug-likeness (QED) is 0.779. The van der Waals surface area contributed by atoms with Gasteiger partial charge in [-0.3, -0.25) is 0 Å². The van der Waals surface area contributed by atoms with Crippen molar-refractivity contribution in [1.29, 1.82) is 0 Å². The summed E-state index contributed by atoms with van der Waals surface area (Å²) in [5.41, 5.74) is 0.908. The van der Waals surface area contributed by atoms with Crippen molar-refractivity contribution >= 4 is 5.97 Å². The molecule has 0 radical (unpaired) electrons. The molecule has 0 amide bonds. The molecule has 0 saturated heterocycles. The van der Waals surface area contributed by atoms with E-state index in [1.165, 1.54) is 32.1 Å². The molecular formula is C16H25N3O2. The molecule has 2 rings (SSSR count). The normalized spacial score (nSPS) is 22.1.